The van der Waals surface area contributed by atoms with E-state index in [2.05, 4.69) is 10.2 Å². The maximum absolute atomic E-state index is 12.1. The van der Waals surface area contributed by atoms with Crippen molar-refractivity contribution in [1.82, 2.24) is 10.2 Å². The minimum absolute atomic E-state index is 0.0566. The van der Waals surface area contributed by atoms with E-state index in [0.717, 1.165) is 24.9 Å². The summed E-state index contributed by atoms with van der Waals surface area (Å²) < 4.78 is 0. The summed E-state index contributed by atoms with van der Waals surface area (Å²) in [6.07, 6.45) is 2.10. The molecule has 3 nitrogen and oxygen atoms in total. The molecule has 0 radical (unpaired) electrons. The third-order valence-electron chi connectivity index (χ3n) is 3.48. The number of likely N-dealkylation sites (tertiary alicyclic amines) is 1. The minimum atomic E-state index is 0.0566. The van der Waals surface area contributed by atoms with Crippen molar-refractivity contribution in [2.45, 2.75) is 31.8 Å². The molecule has 1 N–H and O–H groups in total. The SMILES string of the molecule is CC(NC(=O)[C@@H]1CCCN1C)c1ccccc1. The fourth-order valence-electron chi connectivity index (χ4n) is 2.38. The van der Waals surface area contributed by atoms with Gasteiger partial charge in [-0.1, -0.05) is 30.3 Å². The zero-order valence-corrected chi connectivity index (χ0v) is 10.5. The van der Waals surface area contributed by atoms with Gasteiger partial charge in [0.25, 0.3) is 0 Å². The molecule has 0 spiro atoms. The van der Waals surface area contributed by atoms with Crippen molar-refractivity contribution in [2.24, 2.45) is 0 Å². The third kappa shape index (κ3) is 2.86. The van der Waals surface area contributed by atoms with Crippen molar-refractivity contribution in [3.8, 4) is 0 Å². The molecule has 1 aromatic carbocycles. The first kappa shape index (κ1) is 12.1. The van der Waals surface area contributed by atoms with Gasteiger partial charge >= 0.3 is 0 Å². The highest BCUT2D eigenvalue weighted by Crippen LogP contribution is 2.17. The molecule has 0 saturated carbocycles. The number of amides is 1. The Morgan fingerprint density at radius 1 is 1.41 bits per heavy atom. The lowest BCUT2D eigenvalue weighted by Crippen LogP contribution is -2.42. The van der Waals surface area contributed by atoms with Gasteiger partial charge in [-0.15, -0.1) is 0 Å². The number of nitrogens with zero attached hydrogens (tertiary/aromatic N) is 1. The lowest BCUT2D eigenvalue weighted by Gasteiger charge is -2.22. The molecule has 0 aromatic heterocycles. The number of hydrogen-bond acceptors (Lipinski definition) is 2. The van der Waals surface area contributed by atoms with Crippen LogP contribution in [0.15, 0.2) is 30.3 Å². The molecule has 1 aliphatic rings. The van der Waals surface area contributed by atoms with Gasteiger partial charge in [-0.3, -0.25) is 9.69 Å². The van der Waals surface area contributed by atoms with Gasteiger partial charge in [0.15, 0.2) is 0 Å². The van der Waals surface area contributed by atoms with Crippen molar-refractivity contribution in [1.29, 1.82) is 0 Å². The second-order valence-corrected chi connectivity index (χ2v) is 4.78. The lowest BCUT2D eigenvalue weighted by atomic mass is 10.1. The second kappa shape index (κ2) is 5.32. The average molecular weight is 232 g/mol. The number of benzene rings is 1. The highest BCUT2D eigenvalue weighted by molar-refractivity contribution is 5.82. The van der Waals surface area contributed by atoms with Gasteiger partial charge in [0.2, 0.25) is 5.91 Å². The van der Waals surface area contributed by atoms with Gasteiger partial charge in [0.1, 0.15) is 0 Å². The second-order valence-electron chi connectivity index (χ2n) is 4.78. The van der Waals surface area contributed by atoms with Crippen molar-refractivity contribution >= 4 is 5.91 Å². The van der Waals surface area contributed by atoms with Crippen molar-refractivity contribution in [3.05, 3.63) is 35.9 Å². The largest absolute Gasteiger partial charge is 0.348 e. The molecule has 0 bridgehead atoms. The van der Waals surface area contributed by atoms with Crippen LogP contribution in [0.2, 0.25) is 0 Å². The van der Waals surface area contributed by atoms with Crippen LogP contribution in [0.25, 0.3) is 0 Å². The molecule has 1 saturated heterocycles. The number of likely N-dealkylation sites (N-methyl/N-ethyl adjacent to an activating group) is 1. The molecule has 1 amide bonds. The molecule has 1 aliphatic heterocycles. The Kier molecular flexibility index (Phi) is 3.79. The van der Waals surface area contributed by atoms with Crippen LogP contribution in [-0.2, 0) is 4.79 Å². The normalized spacial score (nSPS) is 22.4. The number of carbonyl (C=O) groups is 1. The van der Waals surface area contributed by atoms with E-state index in [1.165, 1.54) is 0 Å². The smallest absolute Gasteiger partial charge is 0.237 e. The average Bonchev–Trinajstić information content (AvgIpc) is 2.76. The van der Waals surface area contributed by atoms with Crippen LogP contribution in [0.3, 0.4) is 0 Å². The van der Waals surface area contributed by atoms with Crippen LogP contribution in [0.1, 0.15) is 31.4 Å². The Balaban J connectivity index is 1.95. The van der Waals surface area contributed by atoms with Crippen LogP contribution in [0, 0.1) is 0 Å². The van der Waals surface area contributed by atoms with E-state index in [1.54, 1.807) is 0 Å². The Hall–Kier alpha value is -1.35. The van der Waals surface area contributed by atoms with E-state index in [0.29, 0.717) is 0 Å². The van der Waals surface area contributed by atoms with Crippen molar-refractivity contribution in [3.63, 3.8) is 0 Å². The molecule has 1 aromatic rings. The molecule has 1 fully saturated rings. The predicted octanol–water partition coefficient (Wildman–Crippen LogP) is 1.96. The van der Waals surface area contributed by atoms with E-state index in [4.69, 9.17) is 0 Å². The van der Waals surface area contributed by atoms with Crippen LogP contribution < -0.4 is 5.32 Å². The lowest BCUT2D eigenvalue weighted by molar-refractivity contribution is -0.125. The zero-order chi connectivity index (χ0) is 12.3. The summed E-state index contributed by atoms with van der Waals surface area (Å²) in [4.78, 5) is 14.2. The fourth-order valence-corrected chi connectivity index (χ4v) is 2.38. The van der Waals surface area contributed by atoms with Gasteiger partial charge in [0.05, 0.1) is 12.1 Å². The molecule has 3 heteroatoms. The van der Waals surface area contributed by atoms with E-state index in [9.17, 15) is 4.79 Å². The topological polar surface area (TPSA) is 32.3 Å². The van der Waals surface area contributed by atoms with Gasteiger partial charge in [-0.2, -0.15) is 0 Å². The van der Waals surface area contributed by atoms with Gasteiger partial charge in [-0.25, -0.2) is 0 Å². The number of nitrogens with one attached hydrogen (secondary N) is 1. The summed E-state index contributed by atoms with van der Waals surface area (Å²) in [5.74, 6) is 0.154. The Labute approximate surface area is 103 Å². The first-order valence-corrected chi connectivity index (χ1v) is 6.24. The van der Waals surface area contributed by atoms with Crippen LogP contribution >= 0.6 is 0 Å². The van der Waals surface area contributed by atoms with E-state index in [-0.39, 0.29) is 18.0 Å². The highest BCUT2D eigenvalue weighted by atomic mass is 16.2. The zero-order valence-electron chi connectivity index (χ0n) is 10.5. The maximum Gasteiger partial charge on any atom is 0.237 e. The first-order chi connectivity index (χ1) is 8.18. The summed E-state index contributed by atoms with van der Waals surface area (Å²) in [5.41, 5.74) is 1.15. The molecule has 2 atom stereocenters. The first-order valence-electron chi connectivity index (χ1n) is 6.24. The molecular formula is C14H20N2O. The Bertz CT molecular complexity index is 377. The minimum Gasteiger partial charge on any atom is -0.348 e. The van der Waals surface area contributed by atoms with Gasteiger partial charge < -0.3 is 5.32 Å². The highest BCUT2D eigenvalue weighted by Gasteiger charge is 2.28. The summed E-state index contributed by atoms with van der Waals surface area (Å²) in [5, 5.41) is 3.09. The summed E-state index contributed by atoms with van der Waals surface area (Å²) in [6.45, 7) is 3.06. The Morgan fingerprint density at radius 2 is 2.12 bits per heavy atom. The van der Waals surface area contributed by atoms with Crippen molar-refractivity contribution < 1.29 is 4.79 Å². The monoisotopic (exact) mass is 232 g/mol. The van der Waals surface area contributed by atoms with Crippen LogP contribution in [0.4, 0.5) is 0 Å². The van der Waals surface area contributed by atoms with Gasteiger partial charge in [0, 0.05) is 0 Å². The number of rotatable bonds is 3. The molecule has 17 heavy (non-hydrogen) atoms. The van der Waals surface area contributed by atoms with Crippen molar-refractivity contribution in [2.75, 3.05) is 13.6 Å². The predicted molar refractivity (Wildman–Crippen MR) is 68.7 cm³/mol. The van der Waals surface area contributed by atoms with E-state index < -0.39 is 0 Å². The maximum atomic E-state index is 12.1. The molecule has 1 unspecified atom stereocenters. The summed E-state index contributed by atoms with van der Waals surface area (Å²) >= 11 is 0. The van der Waals surface area contributed by atoms with E-state index in [1.807, 2.05) is 44.3 Å². The third-order valence-corrected chi connectivity index (χ3v) is 3.48. The number of hydrogen-bond donors (Lipinski definition) is 1. The fraction of sp³-hybridized carbons (Fsp3) is 0.500. The quantitative estimate of drug-likeness (QED) is 0.864. The Morgan fingerprint density at radius 3 is 2.71 bits per heavy atom. The molecule has 92 valence electrons. The van der Waals surface area contributed by atoms with Gasteiger partial charge in [-0.05, 0) is 38.9 Å². The van der Waals surface area contributed by atoms with Crippen LogP contribution in [-0.4, -0.2) is 30.4 Å². The van der Waals surface area contributed by atoms with E-state index >= 15 is 0 Å². The summed E-state index contributed by atoms with van der Waals surface area (Å²) in [7, 11) is 2.02. The molecular weight excluding hydrogens is 212 g/mol. The molecule has 0 aliphatic carbocycles. The molecule has 1 heterocycles. The van der Waals surface area contributed by atoms with Crippen LogP contribution in [0.5, 0.6) is 0 Å². The summed E-state index contributed by atoms with van der Waals surface area (Å²) in [6, 6.07) is 10.2. The molecule has 2 rings (SSSR count). The standard InChI is InChI=1S/C14H20N2O/c1-11(12-7-4-3-5-8-12)15-14(17)13-9-6-10-16(13)2/h3-5,7-8,11,13H,6,9-10H2,1-2H3,(H,15,17)/t11?,13-/m0/s1. The number of carbonyl (C=O) groups excluding carboxylic acids is 1.